The van der Waals surface area contributed by atoms with Crippen LogP contribution in [0.15, 0.2) is 65.0 Å². The van der Waals surface area contributed by atoms with Crippen LogP contribution < -0.4 is 0 Å². The third-order valence-corrected chi connectivity index (χ3v) is 6.49. The minimum atomic E-state index is 0.751. The van der Waals surface area contributed by atoms with Gasteiger partial charge in [0.15, 0.2) is 5.16 Å². The van der Waals surface area contributed by atoms with Crippen LogP contribution in [0.25, 0.3) is 10.9 Å². The molecule has 0 saturated carbocycles. The zero-order valence-electron chi connectivity index (χ0n) is 17.0. The van der Waals surface area contributed by atoms with Crippen LogP contribution in [0.3, 0.4) is 0 Å². The Bertz CT molecular complexity index is 1150. The Morgan fingerprint density at radius 2 is 1.77 bits per heavy atom. The Hall–Kier alpha value is -2.77. The van der Waals surface area contributed by atoms with E-state index < -0.39 is 0 Å². The first-order valence-electron chi connectivity index (χ1n) is 10.3. The molecule has 0 bridgehead atoms. The largest absolute Gasteiger partial charge is 0.300 e. The van der Waals surface area contributed by atoms with Gasteiger partial charge in [0.05, 0.1) is 18.6 Å². The van der Waals surface area contributed by atoms with Crippen LogP contribution >= 0.6 is 11.8 Å². The van der Waals surface area contributed by atoms with Gasteiger partial charge in [-0.25, -0.2) is 9.97 Å². The molecule has 152 valence electrons. The zero-order chi connectivity index (χ0) is 20.3. The molecule has 0 amide bonds. The topological polar surface area (TPSA) is 59.7 Å². The SMILES string of the molecule is Cc1ccc2ncnc(Sc3nnc(CN4CCCC4)n3Cc3ccccc3)c2c1. The van der Waals surface area contributed by atoms with Gasteiger partial charge < -0.3 is 4.57 Å². The molecule has 30 heavy (non-hydrogen) atoms. The summed E-state index contributed by atoms with van der Waals surface area (Å²) in [7, 11) is 0. The summed E-state index contributed by atoms with van der Waals surface area (Å²) >= 11 is 1.57. The number of aryl methyl sites for hydroxylation is 1. The highest BCUT2D eigenvalue weighted by Crippen LogP contribution is 2.31. The van der Waals surface area contributed by atoms with Gasteiger partial charge in [0.1, 0.15) is 17.2 Å². The van der Waals surface area contributed by atoms with E-state index in [0.717, 1.165) is 53.1 Å². The highest BCUT2D eigenvalue weighted by Gasteiger charge is 2.20. The molecule has 1 aliphatic heterocycles. The fourth-order valence-corrected chi connectivity index (χ4v) is 4.80. The van der Waals surface area contributed by atoms with Crippen molar-refractivity contribution >= 4 is 22.7 Å². The quantitative estimate of drug-likeness (QED) is 0.436. The second-order valence-electron chi connectivity index (χ2n) is 7.76. The smallest absolute Gasteiger partial charge is 0.197 e. The van der Waals surface area contributed by atoms with Crippen molar-refractivity contribution in [3.05, 3.63) is 71.8 Å². The van der Waals surface area contributed by atoms with E-state index in [9.17, 15) is 0 Å². The van der Waals surface area contributed by atoms with E-state index in [1.807, 2.05) is 12.1 Å². The summed E-state index contributed by atoms with van der Waals surface area (Å²) in [5.41, 5.74) is 3.38. The maximum absolute atomic E-state index is 4.58. The molecule has 2 aromatic carbocycles. The molecule has 0 aliphatic carbocycles. The second-order valence-corrected chi connectivity index (χ2v) is 8.71. The predicted octanol–water partition coefficient (Wildman–Crippen LogP) is 4.33. The van der Waals surface area contributed by atoms with Crippen molar-refractivity contribution in [1.82, 2.24) is 29.6 Å². The number of hydrogen-bond donors (Lipinski definition) is 0. The summed E-state index contributed by atoms with van der Waals surface area (Å²) in [5.74, 6) is 1.01. The molecular formula is C23H24N6S. The summed E-state index contributed by atoms with van der Waals surface area (Å²) in [4.78, 5) is 11.4. The first-order chi connectivity index (χ1) is 14.8. The van der Waals surface area contributed by atoms with Crippen LogP contribution in [0.2, 0.25) is 0 Å². The lowest BCUT2D eigenvalue weighted by atomic mass is 10.2. The molecule has 5 rings (SSSR count). The first-order valence-corrected chi connectivity index (χ1v) is 11.2. The molecule has 1 saturated heterocycles. The van der Waals surface area contributed by atoms with E-state index in [-0.39, 0.29) is 0 Å². The van der Waals surface area contributed by atoms with Gasteiger partial charge in [0, 0.05) is 5.39 Å². The highest BCUT2D eigenvalue weighted by molar-refractivity contribution is 7.99. The lowest BCUT2D eigenvalue weighted by molar-refractivity contribution is 0.316. The molecule has 0 spiro atoms. The van der Waals surface area contributed by atoms with Crippen molar-refractivity contribution in [2.75, 3.05) is 13.1 Å². The zero-order valence-corrected chi connectivity index (χ0v) is 17.8. The Labute approximate surface area is 180 Å². The van der Waals surface area contributed by atoms with Crippen molar-refractivity contribution in [3.63, 3.8) is 0 Å². The lowest BCUT2D eigenvalue weighted by Crippen LogP contribution is -2.21. The van der Waals surface area contributed by atoms with Gasteiger partial charge in [0.25, 0.3) is 0 Å². The Morgan fingerprint density at radius 1 is 0.933 bits per heavy atom. The van der Waals surface area contributed by atoms with E-state index in [1.165, 1.54) is 24.0 Å². The first kappa shape index (κ1) is 19.2. The van der Waals surface area contributed by atoms with E-state index in [4.69, 9.17) is 0 Å². The maximum Gasteiger partial charge on any atom is 0.197 e. The van der Waals surface area contributed by atoms with E-state index >= 15 is 0 Å². The third-order valence-electron chi connectivity index (χ3n) is 5.48. The predicted molar refractivity (Wildman–Crippen MR) is 118 cm³/mol. The van der Waals surface area contributed by atoms with Gasteiger partial charge in [-0.1, -0.05) is 42.0 Å². The maximum atomic E-state index is 4.58. The summed E-state index contributed by atoms with van der Waals surface area (Å²) in [6, 6.07) is 16.8. The average Bonchev–Trinajstić information content (AvgIpc) is 3.41. The lowest BCUT2D eigenvalue weighted by Gasteiger charge is -2.16. The molecule has 1 fully saturated rings. The summed E-state index contributed by atoms with van der Waals surface area (Å²) in [6.45, 7) is 5.95. The molecule has 0 N–H and O–H groups in total. The molecule has 7 heteroatoms. The number of benzene rings is 2. The number of hydrogen-bond acceptors (Lipinski definition) is 6. The van der Waals surface area contributed by atoms with Gasteiger partial charge in [-0.2, -0.15) is 0 Å². The normalized spacial score (nSPS) is 14.6. The van der Waals surface area contributed by atoms with Crippen molar-refractivity contribution in [3.8, 4) is 0 Å². The monoisotopic (exact) mass is 416 g/mol. The van der Waals surface area contributed by atoms with E-state index in [1.54, 1.807) is 18.1 Å². The Balaban J connectivity index is 1.51. The van der Waals surface area contributed by atoms with Gasteiger partial charge >= 0.3 is 0 Å². The van der Waals surface area contributed by atoms with Gasteiger partial charge in [-0.3, -0.25) is 4.90 Å². The Kier molecular flexibility index (Phi) is 5.46. The van der Waals surface area contributed by atoms with Gasteiger partial charge in [-0.15, -0.1) is 10.2 Å². The molecule has 0 unspecified atom stereocenters. The second kappa shape index (κ2) is 8.53. The van der Waals surface area contributed by atoms with Crippen molar-refractivity contribution in [2.24, 2.45) is 0 Å². The number of aromatic nitrogens is 5. The molecule has 1 aliphatic rings. The molecule has 0 atom stereocenters. The average molecular weight is 417 g/mol. The van der Waals surface area contributed by atoms with Gasteiger partial charge in [-0.05, 0) is 62.3 Å². The summed E-state index contributed by atoms with van der Waals surface area (Å²) < 4.78 is 2.24. The molecule has 3 heterocycles. The fraction of sp³-hybridized carbons (Fsp3) is 0.304. The third kappa shape index (κ3) is 4.08. The van der Waals surface area contributed by atoms with Gasteiger partial charge in [0.2, 0.25) is 0 Å². The minimum absolute atomic E-state index is 0.751. The number of nitrogens with zero attached hydrogens (tertiary/aromatic N) is 6. The standard InChI is InChI=1S/C23H24N6S/c1-17-9-10-20-19(13-17)22(25-16-24-20)30-23-27-26-21(15-28-11-5-6-12-28)29(23)14-18-7-3-2-4-8-18/h2-4,7-10,13,16H,5-6,11-12,14-15H2,1H3. The fourth-order valence-electron chi connectivity index (χ4n) is 3.89. The molecule has 4 aromatic rings. The molecule has 0 radical (unpaired) electrons. The summed E-state index contributed by atoms with van der Waals surface area (Å²) in [5, 5.41) is 12.0. The van der Waals surface area contributed by atoms with Crippen LogP contribution in [0.1, 0.15) is 29.8 Å². The van der Waals surface area contributed by atoms with E-state index in [0.29, 0.717) is 0 Å². The summed E-state index contributed by atoms with van der Waals surface area (Å²) in [6.07, 6.45) is 4.16. The molecule has 2 aromatic heterocycles. The van der Waals surface area contributed by atoms with Crippen molar-refractivity contribution in [1.29, 1.82) is 0 Å². The molecular weight excluding hydrogens is 392 g/mol. The van der Waals surface area contributed by atoms with Crippen LogP contribution in [-0.2, 0) is 13.1 Å². The number of likely N-dealkylation sites (tertiary alicyclic amines) is 1. The van der Waals surface area contributed by atoms with Crippen LogP contribution in [0.5, 0.6) is 0 Å². The molecule has 6 nitrogen and oxygen atoms in total. The van der Waals surface area contributed by atoms with E-state index in [2.05, 4.69) is 73.0 Å². The number of rotatable bonds is 6. The highest BCUT2D eigenvalue weighted by atomic mass is 32.2. The van der Waals surface area contributed by atoms with Crippen molar-refractivity contribution in [2.45, 2.75) is 43.0 Å². The van der Waals surface area contributed by atoms with Crippen LogP contribution in [-0.4, -0.2) is 42.7 Å². The number of fused-ring (bicyclic) bond motifs is 1. The van der Waals surface area contributed by atoms with Crippen LogP contribution in [0.4, 0.5) is 0 Å². The Morgan fingerprint density at radius 3 is 2.60 bits per heavy atom. The van der Waals surface area contributed by atoms with Crippen LogP contribution in [0, 0.1) is 6.92 Å². The minimum Gasteiger partial charge on any atom is -0.300 e. The van der Waals surface area contributed by atoms with Crippen molar-refractivity contribution < 1.29 is 0 Å².